The lowest BCUT2D eigenvalue weighted by molar-refractivity contribution is -0.165. The van der Waals surface area contributed by atoms with Gasteiger partial charge in [0, 0.05) is 5.56 Å². The van der Waals surface area contributed by atoms with Gasteiger partial charge in [0.05, 0.1) is 6.42 Å². The highest BCUT2D eigenvalue weighted by Gasteiger charge is 2.56. The van der Waals surface area contributed by atoms with E-state index in [4.69, 9.17) is 20.2 Å². The summed E-state index contributed by atoms with van der Waals surface area (Å²) in [6.07, 6.45) is -1.37. The number of amides is 2. The summed E-state index contributed by atoms with van der Waals surface area (Å²) in [5.41, 5.74) is 4.19. The van der Waals surface area contributed by atoms with Gasteiger partial charge >= 0.3 is 5.97 Å². The maximum atomic E-state index is 13.9. The summed E-state index contributed by atoms with van der Waals surface area (Å²) in [6, 6.07) is 42.6. The lowest BCUT2D eigenvalue weighted by atomic mass is 9.98. The van der Waals surface area contributed by atoms with Crippen LogP contribution in [0.1, 0.15) is 46.9 Å². The lowest BCUT2D eigenvalue weighted by Crippen LogP contribution is -2.75. The molecule has 10 heteroatoms. The third-order valence-electron chi connectivity index (χ3n) is 8.77. The van der Waals surface area contributed by atoms with Gasteiger partial charge in [-0.15, -0.1) is 0 Å². The minimum Gasteiger partial charge on any atom is -0.481 e. The molecule has 1 saturated heterocycles. The number of nitrogens with zero attached hydrogens (tertiary/aromatic N) is 1. The Labute approximate surface area is 310 Å². The monoisotopic (exact) mass is 732 g/mol. The summed E-state index contributed by atoms with van der Waals surface area (Å²) in [5, 5.41) is 1.48. The first-order valence-corrected chi connectivity index (χ1v) is 18.8. The number of para-hydroxylation sites is 1. The number of hydrogen-bond donors (Lipinski definition) is 1. The third kappa shape index (κ3) is 8.17. The van der Waals surface area contributed by atoms with E-state index in [1.54, 1.807) is 25.1 Å². The average Bonchev–Trinajstić information content (AvgIpc) is 3.16. The highest BCUT2D eigenvalue weighted by atomic mass is 35.7. The molecule has 1 N–H and O–H groups in total. The van der Waals surface area contributed by atoms with Crippen molar-refractivity contribution < 1.29 is 28.1 Å². The second-order valence-corrected chi connectivity index (χ2v) is 14.3. The molecule has 4 unspecified atom stereocenters. The number of hydrogen-bond acceptors (Lipinski definition) is 6. The van der Waals surface area contributed by atoms with Crippen molar-refractivity contribution in [3.63, 3.8) is 0 Å². The zero-order chi connectivity index (χ0) is 36.6. The SMILES string of the molecule is C=C(C)C(C(=O)OC(c1ccccc1)c1ccccc1)N1C(=O)C(NC(=O)Cc2ccccc2OC(c2ccccc2)c2ccccc2)C1S(=O)Cl. The maximum absolute atomic E-state index is 13.9. The van der Waals surface area contributed by atoms with Crippen LogP contribution in [-0.4, -0.2) is 44.4 Å². The second kappa shape index (κ2) is 16.7. The minimum absolute atomic E-state index is 0.139. The molecule has 0 aliphatic carbocycles. The fourth-order valence-corrected chi connectivity index (χ4v) is 7.65. The Morgan fingerprint density at radius 1 is 0.750 bits per heavy atom. The number of nitrogens with one attached hydrogen (secondary N) is 1. The molecular formula is C42H37ClN2O6S. The van der Waals surface area contributed by atoms with Crippen LogP contribution in [0.25, 0.3) is 0 Å². The summed E-state index contributed by atoms with van der Waals surface area (Å²) in [6.45, 7) is 5.52. The Hall–Kier alpha value is -5.51. The van der Waals surface area contributed by atoms with Gasteiger partial charge < -0.3 is 19.7 Å². The van der Waals surface area contributed by atoms with Crippen LogP contribution < -0.4 is 10.1 Å². The molecule has 1 aliphatic heterocycles. The number of β-lactam (4-membered cyclic amide) rings is 1. The number of esters is 1. The van der Waals surface area contributed by atoms with Crippen LogP contribution in [0.5, 0.6) is 5.75 Å². The summed E-state index contributed by atoms with van der Waals surface area (Å²) < 4.78 is 25.5. The van der Waals surface area contributed by atoms with E-state index in [2.05, 4.69) is 11.9 Å². The van der Waals surface area contributed by atoms with Gasteiger partial charge in [-0.25, -0.2) is 9.00 Å². The highest BCUT2D eigenvalue weighted by Crippen LogP contribution is 2.34. The first kappa shape index (κ1) is 36.3. The van der Waals surface area contributed by atoms with E-state index >= 15 is 0 Å². The zero-order valence-corrected chi connectivity index (χ0v) is 29.9. The zero-order valence-electron chi connectivity index (χ0n) is 28.3. The van der Waals surface area contributed by atoms with Gasteiger partial charge in [-0.3, -0.25) is 9.59 Å². The predicted octanol–water partition coefficient (Wildman–Crippen LogP) is 7.23. The molecule has 2 amide bonds. The molecule has 1 aliphatic rings. The van der Waals surface area contributed by atoms with Crippen molar-refractivity contribution in [1.82, 2.24) is 10.2 Å². The Morgan fingerprint density at radius 2 is 1.19 bits per heavy atom. The van der Waals surface area contributed by atoms with Crippen LogP contribution in [-0.2, 0) is 35.6 Å². The van der Waals surface area contributed by atoms with Crippen molar-refractivity contribution in [2.75, 3.05) is 0 Å². The standard InChI is InChI=1S/C42H37ClN2O6S/c1-28(2)37(42(48)51-39(31-21-11-5-12-22-31)32-23-13-6-14-24-32)45-40(47)36(41(45)52(43)49)44-35(46)27-33-25-15-16-26-34(33)50-38(29-17-7-3-8-18-29)30-19-9-4-10-20-30/h3-26,36-39,41H,1,27H2,2H3,(H,44,46). The molecular weight excluding hydrogens is 696 g/mol. The minimum atomic E-state index is -2.17. The first-order chi connectivity index (χ1) is 25.2. The molecule has 8 nitrogen and oxygen atoms in total. The molecule has 0 saturated carbocycles. The van der Waals surface area contributed by atoms with Crippen LogP contribution in [0.2, 0.25) is 0 Å². The van der Waals surface area contributed by atoms with Gasteiger partial charge in [-0.2, -0.15) is 0 Å². The third-order valence-corrected chi connectivity index (χ3v) is 10.2. The molecule has 1 heterocycles. The summed E-state index contributed by atoms with van der Waals surface area (Å²) in [7, 11) is 3.98. The van der Waals surface area contributed by atoms with Crippen LogP contribution >= 0.6 is 10.7 Å². The fraction of sp³-hybridized carbons (Fsp3) is 0.167. The first-order valence-electron chi connectivity index (χ1n) is 16.7. The number of benzene rings is 5. The van der Waals surface area contributed by atoms with Crippen LogP contribution in [0, 0.1) is 0 Å². The predicted molar refractivity (Wildman–Crippen MR) is 201 cm³/mol. The van der Waals surface area contributed by atoms with E-state index in [9.17, 15) is 18.6 Å². The Bertz CT molecular complexity index is 1970. The van der Waals surface area contributed by atoms with Gasteiger partial charge in [-0.1, -0.05) is 146 Å². The van der Waals surface area contributed by atoms with Gasteiger partial charge in [0.2, 0.25) is 11.8 Å². The van der Waals surface area contributed by atoms with Crippen LogP contribution in [0.15, 0.2) is 158 Å². The van der Waals surface area contributed by atoms with E-state index in [-0.39, 0.29) is 12.0 Å². The Balaban J connectivity index is 1.18. The molecule has 1 fully saturated rings. The highest BCUT2D eigenvalue weighted by molar-refractivity contribution is 8.08. The largest absolute Gasteiger partial charge is 0.481 e. The van der Waals surface area contributed by atoms with Crippen molar-refractivity contribution in [1.29, 1.82) is 0 Å². The molecule has 264 valence electrons. The normalized spacial score (nSPS) is 16.5. The van der Waals surface area contributed by atoms with E-state index in [0.29, 0.717) is 11.3 Å². The quantitative estimate of drug-likeness (QED) is 0.0560. The maximum Gasteiger partial charge on any atom is 0.334 e. The Morgan fingerprint density at radius 3 is 1.65 bits per heavy atom. The average molecular weight is 733 g/mol. The van der Waals surface area contributed by atoms with E-state index in [1.807, 2.05) is 127 Å². The number of carbonyl (C=O) groups is 3. The number of halogens is 1. The van der Waals surface area contributed by atoms with Crippen molar-refractivity contribution >= 4 is 38.5 Å². The van der Waals surface area contributed by atoms with Gasteiger partial charge in [-0.05, 0) is 51.5 Å². The Kier molecular flexibility index (Phi) is 11.6. The lowest BCUT2D eigenvalue weighted by Gasteiger charge is -2.48. The van der Waals surface area contributed by atoms with Gasteiger partial charge in [0.15, 0.2) is 17.5 Å². The number of carbonyl (C=O) groups excluding carboxylic acids is 3. The van der Waals surface area contributed by atoms with Crippen LogP contribution in [0.3, 0.4) is 0 Å². The van der Waals surface area contributed by atoms with E-state index in [1.165, 1.54) is 0 Å². The number of likely N-dealkylation sites (tertiary alicyclic amines) is 1. The molecule has 0 radical (unpaired) electrons. The summed E-state index contributed by atoms with van der Waals surface area (Å²) in [4.78, 5) is 42.2. The smallest absolute Gasteiger partial charge is 0.334 e. The van der Waals surface area contributed by atoms with E-state index in [0.717, 1.165) is 27.2 Å². The summed E-state index contributed by atoms with van der Waals surface area (Å²) in [5.74, 6) is -1.43. The molecule has 4 atom stereocenters. The number of rotatable bonds is 14. The van der Waals surface area contributed by atoms with Crippen LogP contribution in [0.4, 0.5) is 0 Å². The van der Waals surface area contributed by atoms with Crippen molar-refractivity contribution in [2.45, 2.75) is 43.0 Å². The van der Waals surface area contributed by atoms with Crippen molar-refractivity contribution in [3.05, 3.63) is 186 Å². The molecule has 6 rings (SSSR count). The molecule has 5 aromatic carbocycles. The summed E-state index contributed by atoms with van der Waals surface area (Å²) >= 11 is 0. The van der Waals surface area contributed by atoms with E-state index < -0.39 is 57.5 Å². The topological polar surface area (TPSA) is 102 Å². The molecule has 0 spiro atoms. The fourth-order valence-electron chi connectivity index (χ4n) is 6.28. The molecule has 0 bridgehead atoms. The van der Waals surface area contributed by atoms with Gasteiger partial charge in [0.25, 0.3) is 0 Å². The molecule has 0 aromatic heterocycles. The van der Waals surface area contributed by atoms with Crippen molar-refractivity contribution in [2.24, 2.45) is 0 Å². The number of ether oxygens (including phenoxy) is 2. The second-order valence-electron chi connectivity index (χ2n) is 12.4. The van der Waals surface area contributed by atoms with Crippen molar-refractivity contribution in [3.8, 4) is 5.75 Å². The molecule has 5 aromatic rings. The van der Waals surface area contributed by atoms with Gasteiger partial charge in [0.1, 0.15) is 27.9 Å². The molecule has 52 heavy (non-hydrogen) atoms.